The van der Waals surface area contributed by atoms with E-state index in [0.29, 0.717) is 0 Å². The third kappa shape index (κ3) is 6.09. The Kier molecular flexibility index (Phi) is 7.80. The Hall–Kier alpha value is -3.31. The van der Waals surface area contributed by atoms with Crippen molar-refractivity contribution in [3.8, 4) is 0 Å². The van der Waals surface area contributed by atoms with Crippen LogP contribution in [0.2, 0.25) is 0 Å². The number of imidazole rings is 1. The van der Waals surface area contributed by atoms with Gasteiger partial charge in [0.1, 0.15) is 12.9 Å². The molecule has 0 aromatic carbocycles. The zero-order valence-electron chi connectivity index (χ0n) is 16.6. The number of imide groups is 1. The molecule has 1 unspecified atom stereocenters. The molecule has 2 amide bonds. The number of esters is 1. The van der Waals surface area contributed by atoms with Crippen LogP contribution in [-0.2, 0) is 21.3 Å². The highest BCUT2D eigenvalue weighted by atomic mass is 16.6. The van der Waals surface area contributed by atoms with E-state index in [1.54, 1.807) is 0 Å². The molecule has 2 rings (SSSR count). The van der Waals surface area contributed by atoms with Crippen LogP contribution in [0.15, 0.2) is 11.1 Å². The van der Waals surface area contributed by atoms with Crippen molar-refractivity contribution < 1.29 is 23.9 Å². The van der Waals surface area contributed by atoms with Crippen molar-refractivity contribution >= 4 is 23.6 Å². The van der Waals surface area contributed by atoms with Crippen molar-refractivity contribution in [2.45, 2.75) is 52.1 Å². The van der Waals surface area contributed by atoms with Crippen molar-refractivity contribution in [1.29, 1.82) is 0 Å². The van der Waals surface area contributed by atoms with Gasteiger partial charge in [-0.2, -0.15) is 4.68 Å². The Balaban J connectivity index is 1.78. The van der Waals surface area contributed by atoms with Crippen LogP contribution in [-0.4, -0.2) is 55.1 Å². The molecule has 0 aliphatic carbocycles. The Bertz CT molecular complexity index is 936. The molecular formula is C17H24N6O6. The van der Waals surface area contributed by atoms with E-state index in [1.807, 2.05) is 12.2 Å². The van der Waals surface area contributed by atoms with Crippen molar-refractivity contribution in [1.82, 2.24) is 29.7 Å². The molecule has 1 atom stereocenters. The van der Waals surface area contributed by atoms with Gasteiger partial charge in [-0.3, -0.25) is 14.9 Å². The van der Waals surface area contributed by atoms with E-state index >= 15 is 0 Å². The van der Waals surface area contributed by atoms with Crippen LogP contribution in [0.25, 0.3) is 5.65 Å². The first-order valence-corrected chi connectivity index (χ1v) is 9.28. The van der Waals surface area contributed by atoms with Gasteiger partial charge < -0.3 is 9.47 Å². The molecule has 1 N–H and O–H groups in total. The van der Waals surface area contributed by atoms with E-state index in [-0.39, 0.29) is 30.5 Å². The second-order valence-electron chi connectivity index (χ2n) is 6.42. The van der Waals surface area contributed by atoms with E-state index in [9.17, 15) is 19.2 Å². The maximum atomic E-state index is 12.1. The molecule has 0 aliphatic rings. The number of carbonyl (C=O) groups excluding carboxylic acids is 3. The zero-order chi connectivity index (χ0) is 21.4. The topological polar surface area (TPSA) is 147 Å². The monoisotopic (exact) mass is 408 g/mol. The number of fused-ring (bicyclic) bond motifs is 1. The quantitative estimate of drug-likeness (QED) is 0.465. The average Bonchev–Trinajstić information content (AvgIpc) is 3.09. The SMILES string of the molecule is CCCCCC(C)OC(=O)CCOC(=O)NC(=O)c1ncn2c(=O)n(C)nnc12. The van der Waals surface area contributed by atoms with Crippen LogP contribution in [0.4, 0.5) is 4.79 Å². The van der Waals surface area contributed by atoms with Crippen molar-refractivity contribution in [2.75, 3.05) is 6.61 Å². The van der Waals surface area contributed by atoms with Crippen LogP contribution in [0.1, 0.15) is 56.4 Å². The second-order valence-corrected chi connectivity index (χ2v) is 6.42. The normalized spacial score (nSPS) is 11.8. The molecule has 0 aliphatic heterocycles. The van der Waals surface area contributed by atoms with Crippen LogP contribution in [0.3, 0.4) is 0 Å². The molecule has 2 aromatic rings. The molecule has 0 saturated carbocycles. The zero-order valence-corrected chi connectivity index (χ0v) is 16.6. The summed E-state index contributed by atoms with van der Waals surface area (Å²) >= 11 is 0. The lowest BCUT2D eigenvalue weighted by Crippen LogP contribution is -2.33. The van der Waals surface area contributed by atoms with Crippen LogP contribution in [0, 0.1) is 0 Å². The summed E-state index contributed by atoms with van der Waals surface area (Å²) < 4.78 is 12.0. The smallest absolute Gasteiger partial charge is 0.414 e. The third-order valence-corrected chi connectivity index (χ3v) is 4.02. The number of amides is 2. The average molecular weight is 408 g/mol. The fourth-order valence-corrected chi connectivity index (χ4v) is 2.48. The standard InChI is InChI=1S/C17H24N6O6/c1-4-5-6-7-11(2)29-12(24)8-9-28-16(26)19-15(25)13-14-20-21-22(3)17(27)23(14)10-18-13/h10-11H,4-9H2,1-3H3,(H,19,25,26). The first-order valence-electron chi connectivity index (χ1n) is 9.28. The number of hydrogen-bond donors (Lipinski definition) is 1. The number of aromatic nitrogens is 5. The van der Waals surface area contributed by atoms with Crippen LogP contribution in [0.5, 0.6) is 0 Å². The van der Waals surface area contributed by atoms with Gasteiger partial charge in [-0.1, -0.05) is 25.0 Å². The van der Waals surface area contributed by atoms with Gasteiger partial charge in [0.25, 0.3) is 5.91 Å². The van der Waals surface area contributed by atoms with E-state index in [0.717, 1.165) is 41.1 Å². The fourth-order valence-electron chi connectivity index (χ4n) is 2.48. The number of aryl methyl sites for hydroxylation is 1. The molecule has 2 heterocycles. The molecule has 0 fully saturated rings. The van der Waals surface area contributed by atoms with E-state index in [4.69, 9.17) is 9.47 Å². The summed E-state index contributed by atoms with van der Waals surface area (Å²) in [7, 11) is 1.39. The number of nitrogens with zero attached hydrogens (tertiary/aromatic N) is 5. The summed E-state index contributed by atoms with van der Waals surface area (Å²) in [5, 5.41) is 9.22. The highest BCUT2D eigenvalue weighted by molar-refractivity contribution is 6.05. The predicted octanol–water partition coefficient (Wildman–Crippen LogP) is 0.592. The van der Waals surface area contributed by atoms with E-state index in [1.165, 1.54) is 7.05 Å². The maximum absolute atomic E-state index is 12.1. The first-order chi connectivity index (χ1) is 13.8. The Morgan fingerprint density at radius 3 is 2.76 bits per heavy atom. The number of hydrogen-bond acceptors (Lipinski definition) is 9. The molecule has 0 spiro atoms. The first kappa shape index (κ1) is 22.0. The number of ether oxygens (including phenoxy) is 2. The summed E-state index contributed by atoms with van der Waals surface area (Å²) in [6, 6.07) is 0. The minimum atomic E-state index is -1.06. The molecule has 0 radical (unpaired) electrons. The molecule has 29 heavy (non-hydrogen) atoms. The van der Waals surface area contributed by atoms with Crippen molar-refractivity contribution in [2.24, 2.45) is 7.05 Å². The third-order valence-electron chi connectivity index (χ3n) is 4.02. The molecule has 0 saturated heterocycles. The summed E-state index contributed by atoms with van der Waals surface area (Å²) in [6.07, 6.45) is 3.62. The lowest BCUT2D eigenvalue weighted by Gasteiger charge is -2.13. The summed E-state index contributed by atoms with van der Waals surface area (Å²) in [5.41, 5.74) is -0.905. The largest absolute Gasteiger partial charge is 0.463 e. The lowest BCUT2D eigenvalue weighted by molar-refractivity contribution is -0.149. The van der Waals surface area contributed by atoms with Gasteiger partial charge in [-0.25, -0.2) is 19.0 Å². The van der Waals surface area contributed by atoms with E-state index < -0.39 is 23.7 Å². The van der Waals surface area contributed by atoms with Gasteiger partial charge in [-0.15, -0.1) is 5.10 Å². The number of nitrogens with one attached hydrogen (secondary N) is 1. The van der Waals surface area contributed by atoms with Gasteiger partial charge in [0, 0.05) is 7.05 Å². The molecular weight excluding hydrogens is 384 g/mol. The highest BCUT2D eigenvalue weighted by Gasteiger charge is 2.20. The molecule has 12 nitrogen and oxygen atoms in total. The summed E-state index contributed by atoms with van der Waals surface area (Å²) in [6.45, 7) is 3.66. The second kappa shape index (κ2) is 10.3. The number of rotatable bonds is 9. The predicted molar refractivity (Wildman–Crippen MR) is 99.2 cm³/mol. The fraction of sp³-hybridized carbons (Fsp3) is 0.588. The van der Waals surface area contributed by atoms with Gasteiger partial charge in [0.05, 0.1) is 12.5 Å². The van der Waals surface area contributed by atoms with Crippen LogP contribution < -0.4 is 11.0 Å². The van der Waals surface area contributed by atoms with Gasteiger partial charge >= 0.3 is 17.8 Å². The number of alkyl carbamates (subject to hydrolysis) is 1. The Morgan fingerprint density at radius 1 is 1.28 bits per heavy atom. The summed E-state index contributed by atoms with van der Waals surface area (Å²) in [5.74, 6) is -1.40. The Labute approximate surface area is 166 Å². The Morgan fingerprint density at radius 2 is 2.03 bits per heavy atom. The lowest BCUT2D eigenvalue weighted by atomic mass is 10.1. The van der Waals surface area contributed by atoms with Crippen molar-refractivity contribution in [3.63, 3.8) is 0 Å². The van der Waals surface area contributed by atoms with Crippen molar-refractivity contribution in [3.05, 3.63) is 22.5 Å². The van der Waals surface area contributed by atoms with E-state index in [2.05, 4.69) is 22.2 Å². The molecule has 158 valence electrons. The maximum Gasteiger partial charge on any atom is 0.414 e. The van der Waals surface area contributed by atoms with Gasteiger partial charge in [-0.05, 0) is 19.8 Å². The van der Waals surface area contributed by atoms with Gasteiger partial charge in [0.15, 0.2) is 11.3 Å². The number of unbranched alkanes of at least 4 members (excludes halogenated alkanes) is 2. The molecule has 0 bridgehead atoms. The van der Waals surface area contributed by atoms with Gasteiger partial charge in [0.2, 0.25) is 0 Å². The number of carbonyl (C=O) groups is 3. The summed E-state index contributed by atoms with van der Waals surface area (Å²) in [4.78, 5) is 51.2. The molecule has 12 heteroatoms. The minimum absolute atomic E-state index is 0.0981. The minimum Gasteiger partial charge on any atom is -0.463 e. The molecule has 2 aromatic heterocycles. The van der Waals surface area contributed by atoms with Crippen LogP contribution >= 0.6 is 0 Å². The highest BCUT2D eigenvalue weighted by Crippen LogP contribution is 2.07.